The number of halogens is 1. The lowest BCUT2D eigenvalue weighted by Gasteiger charge is -2.20. The van der Waals surface area contributed by atoms with E-state index in [-0.39, 0.29) is 6.42 Å². The first kappa shape index (κ1) is 10.7. The predicted octanol–water partition coefficient (Wildman–Crippen LogP) is 1.07. The molecular formula is C7H9ClO4S. The molecule has 6 heteroatoms. The van der Waals surface area contributed by atoms with Crippen LogP contribution in [0.25, 0.3) is 0 Å². The van der Waals surface area contributed by atoms with Crippen LogP contribution in [0.2, 0.25) is 0 Å². The van der Waals surface area contributed by atoms with Gasteiger partial charge < -0.3 is 9.84 Å². The van der Waals surface area contributed by atoms with Crippen molar-refractivity contribution in [2.45, 2.75) is 23.7 Å². The molecule has 1 rings (SSSR count). The van der Waals surface area contributed by atoms with Crippen molar-refractivity contribution in [3.05, 3.63) is 0 Å². The third kappa shape index (κ3) is 1.91. The molecule has 0 radical (unpaired) electrons. The van der Waals surface area contributed by atoms with Crippen molar-refractivity contribution in [3.63, 3.8) is 0 Å². The summed E-state index contributed by atoms with van der Waals surface area (Å²) in [6.45, 7) is 1.87. The van der Waals surface area contributed by atoms with Gasteiger partial charge in [-0.05, 0) is 5.75 Å². The van der Waals surface area contributed by atoms with E-state index in [9.17, 15) is 9.59 Å². The van der Waals surface area contributed by atoms with Gasteiger partial charge in [-0.1, -0.05) is 18.5 Å². The average molecular weight is 225 g/mol. The van der Waals surface area contributed by atoms with Crippen LogP contribution in [0, 0.1) is 0 Å². The number of carboxylic acid groups (broad SMARTS) is 1. The number of ether oxygens (including phenoxy) is 1. The van der Waals surface area contributed by atoms with Gasteiger partial charge in [-0.15, -0.1) is 0 Å². The zero-order chi connectivity index (χ0) is 10.1. The van der Waals surface area contributed by atoms with E-state index >= 15 is 0 Å². The molecule has 1 heterocycles. The number of alkyl halides is 1. The summed E-state index contributed by atoms with van der Waals surface area (Å²) in [5.41, 5.74) is 0. The van der Waals surface area contributed by atoms with E-state index in [1.54, 1.807) is 0 Å². The summed E-state index contributed by atoms with van der Waals surface area (Å²) in [7, 11) is 0. The van der Waals surface area contributed by atoms with E-state index in [2.05, 4.69) is 4.74 Å². The monoisotopic (exact) mass is 224 g/mol. The number of carbonyl (C=O) groups is 2. The van der Waals surface area contributed by atoms with Crippen LogP contribution in [-0.4, -0.2) is 33.1 Å². The van der Waals surface area contributed by atoms with Crippen molar-refractivity contribution >= 4 is 35.3 Å². The second-order valence-electron chi connectivity index (χ2n) is 2.57. The van der Waals surface area contributed by atoms with Crippen LogP contribution < -0.4 is 0 Å². The zero-order valence-corrected chi connectivity index (χ0v) is 8.52. The highest BCUT2D eigenvalue weighted by atomic mass is 35.5. The van der Waals surface area contributed by atoms with Crippen molar-refractivity contribution < 1.29 is 19.4 Å². The largest absolute Gasteiger partial charge is 0.477 e. The standard InChI is InChI=1S/C7H9ClO4S/c1-2-13-4-3-5(9)12-7(4,8)6(10)11/h4H,2-3H2,1H3,(H,10,11). The molecular weight excluding hydrogens is 216 g/mol. The Morgan fingerprint density at radius 3 is 3.00 bits per heavy atom. The molecule has 0 amide bonds. The molecule has 0 spiro atoms. The maximum Gasteiger partial charge on any atom is 0.365 e. The molecule has 13 heavy (non-hydrogen) atoms. The fourth-order valence-corrected chi connectivity index (χ4v) is 2.48. The van der Waals surface area contributed by atoms with E-state index < -0.39 is 22.2 Å². The predicted molar refractivity (Wildman–Crippen MR) is 48.8 cm³/mol. The average Bonchev–Trinajstić information content (AvgIpc) is 2.29. The SMILES string of the molecule is CCSC1CC(=O)OC1(Cl)C(=O)O. The van der Waals surface area contributed by atoms with E-state index in [4.69, 9.17) is 16.7 Å². The van der Waals surface area contributed by atoms with Crippen LogP contribution in [0.4, 0.5) is 0 Å². The van der Waals surface area contributed by atoms with E-state index in [1.165, 1.54) is 11.8 Å². The second kappa shape index (κ2) is 3.75. The van der Waals surface area contributed by atoms with Crippen LogP contribution in [0.5, 0.6) is 0 Å². The zero-order valence-electron chi connectivity index (χ0n) is 6.95. The molecule has 0 saturated carbocycles. The number of carbonyl (C=O) groups excluding carboxylic acids is 1. The topological polar surface area (TPSA) is 63.6 Å². The maximum absolute atomic E-state index is 10.9. The number of cyclic esters (lactones) is 1. The molecule has 0 aromatic heterocycles. The Morgan fingerprint density at radius 2 is 2.54 bits per heavy atom. The molecule has 0 bridgehead atoms. The maximum atomic E-state index is 10.9. The molecule has 2 atom stereocenters. The Bertz CT molecular complexity index is 245. The summed E-state index contributed by atoms with van der Waals surface area (Å²) in [5.74, 6) is -1.16. The highest BCUT2D eigenvalue weighted by molar-refractivity contribution is 8.00. The number of hydrogen-bond acceptors (Lipinski definition) is 4. The quantitative estimate of drug-likeness (QED) is 0.574. The number of hydrogen-bond donors (Lipinski definition) is 1. The fourth-order valence-electron chi connectivity index (χ4n) is 1.10. The summed E-state index contributed by atoms with van der Waals surface area (Å²) >= 11 is 7.00. The Balaban J connectivity index is 2.81. The number of aliphatic carboxylic acids is 1. The normalized spacial score (nSPS) is 33.1. The Kier molecular flexibility index (Phi) is 3.08. The number of rotatable bonds is 3. The molecule has 4 nitrogen and oxygen atoms in total. The van der Waals surface area contributed by atoms with Crippen molar-refractivity contribution in [2.75, 3.05) is 5.75 Å². The Morgan fingerprint density at radius 1 is 1.92 bits per heavy atom. The Labute approximate surface area is 84.6 Å². The lowest BCUT2D eigenvalue weighted by atomic mass is 10.2. The van der Waals surface area contributed by atoms with Crippen molar-refractivity contribution in [1.29, 1.82) is 0 Å². The van der Waals surface area contributed by atoms with Crippen LogP contribution in [0.15, 0.2) is 0 Å². The molecule has 1 N–H and O–H groups in total. The third-order valence-corrected chi connectivity index (χ3v) is 3.55. The van der Waals surface area contributed by atoms with Crippen LogP contribution in [-0.2, 0) is 14.3 Å². The molecule has 2 unspecified atom stereocenters. The van der Waals surface area contributed by atoms with Crippen LogP contribution in [0.1, 0.15) is 13.3 Å². The highest BCUT2D eigenvalue weighted by Gasteiger charge is 2.54. The number of esters is 1. The first-order valence-corrected chi connectivity index (χ1v) is 5.19. The third-order valence-electron chi connectivity index (χ3n) is 1.69. The van der Waals surface area contributed by atoms with Crippen molar-refractivity contribution in [3.8, 4) is 0 Å². The van der Waals surface area contributed by atoms with Crippen LogP contribution in [0.3, 0.4) is 0 Å². The minimum absolute atomic E-state index is 0.0638. The lowest BCUT2D eigenvalue weighted by molar-refractivity contribution is -0.160. The smallest absolute Gasteiger partial charge is 0.365 e. The Hall–Kier alpha value is -0.420. The highest BCUT2D eigenvalue weighted by Crippen LogP contribution is 2.39. The minimum atomic E-state index is -1.86. The van der Waals surface area contributed by atoms with Crippen LogP contribution >= 0.6 is 23.4 Å². The summed E-state index contributed by atoms with van der Waals surface area (Å²) in [4.78, 5) is 21.6. The van der Waals surface area contributed by atoms with Gasteiger partial charge in [0.05, 0.1) is 11.7 Å². The fraction of sp³-hybridized carbons (Fsp3) is 0.714. The van der Waals surface area contributed by atoms with Gasteiger partial charge in [0.2, 0.25) is 0 Å². The van der Waals surface area contributed by atoms with Gasteiger partial charge in [-0.3, -0.25) is 4.79 Å². The molecule has 0 aromatic carbocycles. The summed E-state index contributed by atoms with van der Waals surface area (Å²) < 4.78 is 4.58. The second-order valence-corrected chi connectivity index (χ2v) is 4.61. The van der Waals surface area contributed by atoms with Gasteiger partial charge in [0.1, 0.15) is 0 Å². The van der Waals surface area contributed by atoms with Crippen molar-refractivity contribution in [1.82, 2.24) is 0 Å². The first-order chi connectivity index (χ1) is 6.00. The van der Waals surface area contributed by atoms with Crippen molar-refractivity contribution in [2.24, 2.45) is 0 Å². The molecule has 0 aromatic rings. The van der Waals surface area contributed by atoms with Gasteiger partial charge in [-0.25, -0.2) is 4.79 Å². The molecule has 1 fully saturated rings. The van der Waals surface area contributed by atoms with Gasteiger partial charge in [-0.2, -0.15) is 11.8 Å². The van der Waals surface area contributed by atoms with Gasteiger partial charge in [0.15, 0.2) is 0 Å². The summed E-state index contributed by atoms with van der Waals surface area (Å²) in [6, 6.07) is 0. The molecule has 1 aliphatic heterocycles. The van der Waals surface area contributed by atoms with E-state index in [1.807, 2.05) is 6.92 Å². The first-order valence-electron chi connectivity index (χ1n) is 3.76. The lowest BCUT2D eigenvalue weighted by Crippen LogP contribution is -2.40. The number of carboxylic acids is 1. The minimum Gasteiger partial charge on any atom is -0.477 e. The molecule has 1 aliphatic rings. The molecule has 74 valence electrons. The summed E-state index contributed by atoms with van der Waals surface area (Å²) in [6.07, 6.45) is 0.0638. The summed E-state index contributed by atoms with van der Waals surface area (Å²) in [5, 5.41) is 6.41. The molecule has 1 saturated heterocycles. The van der Waals surface area contributed by atoms with Gasteiger partial charge in [0.25, 0.3) is 5.06 Å². The van der Waals surface area contributed by atoms with Gasteiger partial charge >= 0.3 is 11.9 Å². The molecule has 0 aliphatic carbocycles. The number of thioether (sulfide) groups is 1. The van der Waals surface area contributed by atoms with E-state index in [0.717, 1.165) is 0 Å². The van der Waals surface area contributed by atoms with E-state index in [0.29, 0.717) is 5.75 Å². The van der Waals surface area contributed by atoms with Gasteiger partial charge in [0, 0.05) is 0 Å².